The number of hydrogen-bond acceptors (Lipinski definition) is 2. The van der Waals surface area contributed by atoms with Gasteiger partial charge in [-0.2, -0.15) is 0 Å². The summed E-state index contributed by atoms with van der Waals surface area (Å²) in [6.07, 6.45) is 21.6. The molecule has 2 aliphatic carbocycles. The van der Waals surface area contributed by atoms with E-state index in [1.54, 1.807) is 0 Å². The molecule has 2 fully saturated rings. The van der Waals surface area contributed by atoms with E-state index in [1.165, 1.54) is 69.7 Å². The summed E-state index contributed by atoms with van der Waals surface area (Å²) < 4.78 is 12.4. The molecule has 0 radical (unpaired) electrons. The predicted molar refractivity (Wildman–Crippen MR) is 83.5 cm³/mol. The average Bonchev–Trinajstić information content (AvgIpc) is 3.08. The number of allylic oxidation sites excluding steroid dienone is 4. The molecule has 0 unspecified atom stereocenters. The molecule has 3 heteroatoms. The van der Waals surface area contributed by atoms with Crippen LogP contribution in [0.15, 0.2) is 23.7 Å². The maximum Gasteiger partial charge on any atom is 0.494 e. The molecule has 110 valence electrons. The number of rotatable bonds is 1. The van der Waals surface area contributed by atoms with Crippen LogP contribution in [0, 0.1) is 0 Å². The van der Waals surface area contributed by atoms with Crippen LogP contribution in [0.5, 0.6) is 0 Å². The van der Waals surface area contributed by atoms with Crippen LogP contribution in [0.2, 0.25) is 0 Å². The zero-order valence-electron chi connectivity index (χ0n) is 12.6. The van der Waals surface area contributed by atoms with Gasteiger partial charge in [0.05, 0.1) is 12.2 Å². The van der Waals surface area contributed by atoms with Crippen LogP contribution in [-0.2, 0) is 9.31 Å². The molecule has 0 amide bonds. The third kappa shape index (κ3) is 3.76. The highest BCUT2D eigenvalue weighted by Crippen LogP contribution is 2.30. The van der Waals surface area contributed by atoms with E-state index in [2.05, 4.69) is 18.2 Å². The Bertz CT molecular complexity index is 344. The molecule has 0 aromatic carbocycles. The van der Waals surface area contributed by atoms with Crippen LogP contribution < -0.4 is 0 Å². The molecule has 0 N–H and O–H groups in total. The van der Waals surface area contributed by atoms with Crippen LogP contribution in [0.25, 0.3) is 0 Å². The Balaban J connectivity index is 1.58. The minimum Gasteiger partial charge on any atom is -0.402 e. The van der Waals surface area contributed by atoms with Crippen LogP contribution in [0.4, 0.5) is 0 Å². The molecule has 0 aromatic rings. The second-order valence-electron chi connectivity index (χ2n) is 6.43. The Morgan fingerprint density at radius 3 is 1.85 bits per heavy atom. The van der Waals surface area contributed by atoms with Crippen molar-refractivity contribution in [3.63, 3.8) is 0 Å². The Hall–Kier alpha value is -0.535. The van der Waals surface area contributed by atoms with Crippen molar-refractivity contribution in [3.05, 3.63) is 23.7 Å². The van der Waals surface area contributed by atoms with Gasteiger partial charge in [0, 0.05) is 0 Å². The molecule has 1 saturated carbocycles. The number of hydrogen-bond donors (Lipinski definition) is 0. The summed E-state index contributed by atoms with van der Waals surface area (Å²) >= 11 is 0. The van der Waals surface area contributed by atoms with Crippen molar-refractivity contribution in [1.82, 2.24) is 0 Å². The summed E-state index contributed by atoms with van der Waals surface area (Å²) in [4.78, 5) is 0. The first-order valence-corrected chi connectivity index (χ1v) is 8.61. The van der Waals surface area contributed by atoms with Gasteiger partial charge in [0.15, 0.2) is 0 Å². The molecule has 1 heterocycles. The quantitative estimate of drug-likeness (QED) is 0.651. The van der Waals surface area contributed by atoms with Crippen molar-refractivity contribution in [2.24, 2.45) is 0 Å². The highest BCUT2D eigenvalue weighted by Gasteiger charge is 2.40. The maximum atomic E-state index is 6.21. The topological polar surface area (TPSA) is 18.5 Å². The van der Waals surface area contributed by atoms with E-state index >= 15 is 0 Å². The molecule has 3 rings (SSSR count). The highest BCUT2D eigenvalue weighted by atomic mass is 16.7. The Morgan fingerprint density at radius 1 is 0.800 bits per heavy atom. The van der Waals surface area contributed by atoms with Gasteiger partial charge in [-0.15, -0.1) is 0 Å². The minimum atomic E-state index is -0.0890. The van der Waals surface area contributed by atoms with E-state index in [0.29, 0.717) is 12.2 Å². The minimum absolute atomic E-state index is 0.0890. The van der Waals surface area contributed by atoms with Gasteiger partial charge in [-0.25, -0.2) is 0 Å². The van der Waals surface area contributed by atoms with E-state index in [9.17, 15) is 0 Å². The lowest BCUT2D eigenvalue weighted by Gasteiger charge is -2.19. The van der Waals surface area contributed by atoms with Crippen LogP contribution >= 0.6 is 0 Å². The molecule has 1 aliphatic heterocycles. The van der Waals surface area contributed by atoms with Crippen molar-refractivity contribution in [1.29, 1.82) is 0 Å². The normalized spacial score (nSPS) is 32.4. The number of fused-ring (bicyclic) bond motifs is 1. The van der Waals surface area contributed by atoms with E-state index in [0.717, 1.165) is 6.42 Å². The van der Waals surface area contributed by atoms with Gasteiger partial charge < -0.3 is 9.31 Å². The maximum absolute atomic E-state index is 6.21. The molecule has 0 spiro atoms. The predicted octanol–water partition coefficient (Wildman–Crippen LogP) is 4.60. The fourth-order valence-electron chi connectivity index (χ4n) is 3.59. The summed E-state index contributed by atoms with van der Waals surface area (Å²) in [5, 5.41) is 0. The van der Waals surface area contributed by atoms with E-state index < -0.39 is 0 Å². The van der Waals surface area contributed by atoms with Gasteiger partial charge in [-0.3, -0.25) is 0 Å². The lowest BCUT2D eigenvalue weighted by molar-refractivity contribution is 0.133. The molecule has 2 nitrogen and oxygen atoms in total. The summed E-state index contributed by atoms with van der Waals surface area (Å²) in [5.74, 6) is 0. The standard InChI is InChI=1S/C17H27BO2/c1-2-4-6-8-14-17-16(13-7-5-3-1)19-18(20-17)15-11-9-10-12-15/h9,11-12,16-17H,1-8,10,13-14H2/t16-,17+. The SMILES string of the molecule is C1=CC(B2O[C@H]3CCCCCCCCCC[C@H]3O2)=CC1. The Morgan fingerprint density at radius 2 is 1.35 bits per heavy atom. The first-order valence-electron chi connectivity index (χ1n) is 8.61. The molecular weight excluding hydrogens is 247 g/mol. The van der Waals surface area contributed by atoms with Gasteiger partial charge in [-0.1, -0.05) is 69.6 Å². The average molecular weight is 274 g/mol. The zero-order valence-corrected chi connectivity index (χ0v) is 12.6. The lowest BCUT2D eigenvalue weighted by Crippen LogP contribution is -2.22. The van der Waals surface area contributed by atoms with Gasteiger partial charge in [0.25, 0.3) is 0 Å². The zero-order chi connectivity index (χ0) is 13.6. The molecule has 3 aliphatic rings. The smallest absolute Gasteiger partial charge is 0.402 e. The first-order chi connectivity index (χ1) is 9.93. The fourth-order valence-corrected chi connectivity index (χ4v) is 3.59. The van der Waals surface area contributed by atoms with Crippen LogP contribution in [-0.4, -0.2) is 19.3 Å². The monoisotopic (exact) mass is 274 g/mol. The van der Waals surface area contributed by atoms with Crippen molar-refractivity contribution in [2.45, 2.75) is 82.8 Å². The Kier molecular flexibility index (Phi) is 5.38. The van der Waals surface area contributed by atoms with Gasteiger partial charge in [0.2, 0.25) is 0 Å². The largest absolute Gasteiger partial charge is 0.494 e. The molecule has 2 atom stereocenters. The molecule has 0 aromatic heterocycles. The summed E-state index contributed by atoms with van der Waals surface area (Å²) in [6, 6.07) is 0. The third-order valence-electron chi connectivity index (χ3n) is 4.81. The van der Waals surface area contributed by atoms with Crippen molar-refractivity contribution in [2.75, 3.05) is 0 Å². The van der Waals surface area contributed by atoms with E-state index in [4.69, 9.17) is 9.31 Å². The second-order valence-corrected chi connectivity index (χ2v) is 6.43. The summed E-state index contributed by atoms with van der Waals surface area (Å²) in [7, 11) is -0.0890. The highest BCUT2D eigenvalue weighted by molar-refractivity contribution is 6.55. The van der Waals surface area contributed by atoms with Crippen LogP contribution in [0.3, 0.4) is 0 Å². The van der Waals surface area contributed by atoms with Crippen molar-refractivity contribution < 1.29 is 9.31 Å². The Labute approximate surface area is 123 Å². The van der Waals surface area contributed by atoms with E-state index in [1.807, 2.05) is 0 Å². The molecule has 1 saturated heterocycles. The summed E-state index contributed by atoms with van der Waals surface area (Å²) in [6.45, 7) is 0. The lowest BCUT2D eigenvalue weighted by atomic mass is 9.79. The second kappa shape index (κ2) is 7.47. The first kappa shape index (κ1) is 14.4. The molecule has 20 heavy (non-hydrogen) atoms. The third-order valence-corrected chi connectivity index (χ3v) is 4.81. The fraction of sp³-hybridized carbons (Fsp3) is 0.765. The van der Waals surface area contributed by atoms with Crippen molar-refractivity contribution in [3.8, 4) is 0 Å². The molecule has 0 bridgehead atoms. The van der Waals surface area contributed by atoms with Crippen LogP contribution in [0.1, 0.15) is 70.6 Å². The summed E-state index contributed by atoms with van der Waals surface area (Å²) in [5.41, 5.74) is 1.24. The van der Waals surface area contributed by atoms with Gasteiger partial charge in [-0.05, 0) is 24.7 Å². The molecular formula is C17H27BO2. The van der Waals surface area contributed by atoms with Crippen molar-refractivity contribution >= 4 is 7.12 Å². The van der Waals surface area contributed by atoms with Gasteiger partial charge >= 0.3 is 7.12 Å². The van der Waals surface area contributed by atoms with Gasteiger partial charge in [0.1, 0.15) is 0 Å². The van der Waals surface area contributed by atoms with E-state index in [-0.39, 0.29) is 7.12 Å².